The van der Waals surface area contributed by atoms with E-state index in [0.29, 0.717) is 11.4 Å². The largest absolute Gasteiger partial charge is 0.309 e. The van der Waals surface area contributed by atoms with Crippen LogP contribution in [0.3, 0.4) is 0 Å². The number of rotatable bonds is 1. The van der Waals surface area contributed by atoms with Crippen molar-refractivity contribution < 1.29 is 13.6 Å². The number of fused-ring (bicyclic) bond motifs is 1. The molecule has 1 aromatic carbocycles. The Labute approximate surface area is 107 Å². The molecule has 0 bridgehead atoms. The molecule has 1 aliphatic heterocycles. The number of anilines is 1. The van der Waals surface area contributed by atoms with E-state index >= 15 is 0 Å². The number of nitrogens with zero attached hydrogens (tertiary/aromatic N) is 1. The van der Waals surface area contributed by atoms with Gasteiger partial charge in [0.1, 0.15) is 0 Å². The summed E-state index contributed by atoms with van der Waals surface area (Å²) in [6, 6.07) is 4.00. The first-order valence-corrected chi connectivity index (χ1v) is 5.86. The van der Waals surface area contributed by atoms with E-state index in [1.54, 1.807) is 6.92 Å². The Morgan fingerprint density at radius 1 is 1.37 bits per heavy atom. The summed E-state index contributed by atoms with van der Waals surface area (Å²) in [7, 11) is 0. The van der Waals surface area contributed by atoms with E-state index in [4.69, 9.17) is 0 Å². The zero-order valence-electron chi connectivity index (χ0n) is 10.1. The zero-order chi connectivity index (χ0) is 13.6. The molecule has 3 rings (SSSR count). The van der Waals surface area contributed by atoms with Crippen molar-refractivity contribution in [2.45, 2.75) is 19.3 Å². The Balaban J connectivity index is 2.17. The van der Waals surface area contributed by atoms with E-state index < -0.39 is 17.6 Å². The van der Waals surface area contributed by atoms with E-state index in [0.717, 1.165) is 11.8 Å². The van der Waals surface area contributed by atoms with Crippen LogP contribution < -0.4 is 5.32 Å². The smallest absolute Gasteiger partial charge is 0.226 e. The van der Waals surface area contributed by atoms with Crippen molar-refractivity contribution in [1.29, 1.82) is 0 Å². The first kappa shape index (κ1) is 11.8. The number of carbonyl (C=O) groups is 1. The van der Waals surface area contributed by atoms with Crippen LogP contribution in [0.15, 0.2) is 18.2 Å². The molecule has 4 nitrogen and oxygen atoms in total. The van der Waals surface area contributed by atoms with Crippen molar-refractivity contribution in [3.05, 3.63) is 46.7 Å². The van der Waals surface area contributed by atoms with Gasteiger partial charge in [0.2, 0.25) is 5.91 Å². The van der Waals surface area contributed by atoms with Crippen LogP contribution in [-0.2, 0) is 4.79 Å². The minimum Gasteiger partial charge on any atom is -0.309 e. The molecular weight excluding hydrogens is 252 g/mol. The Morgan fingerprint density at radius 3 is 2.95 bits per heavy atom. The third-order valence-electron chi connectivity index (χ3n) is 3.35. The molecule has 2 N–H and O–H groups in total. The molecule has 0 spiro atoms. The standard InChI is InChI=1S/C13H11F2N3O/c1-6-11-8(5-10(19)16-13(11)18-17-6)7-3-2-4-9(14)12(7)15/h2-4,8H,5H2,1H3,(H2,16,17,18,19). The topological polar surface area (TPSA) is 57.8 Å². The van der Waals surface area contributed by atoms with Gasteiger partial charge in [-0.2, -0.15) is 5.10 Å². The number of halogens is 2. The average Bonchev–Trinajstić information content (AvgIpc) is 2.73. The van der Waals surface area contributed by atoms with Crippen molar-refractivity contribution in [2.24, 2.45) is 0 Å². The quantitative estimate of drug-likeness (QED) is 0.830. The van der Waals surface area contributed by atoms with E-state index in [1.165, 1.54) is 12.1 Å². The first-order chi connectivity index (χ1) is 9.08. The van der Waals surface area contributed by atoms with E-state index in [1.807, 2.05) is 0 Å². The second kappa shape index (κ2) is 4.15. The van der Waals surface area contributed by atoms with E-state index in [-0.39, 0.29) is 17.9 Å². The number of nitrogens with one attached hydrogen (secondary N) is 2. The number of hydrogen-bond donors (Lipinski definition) is 2. The van der Waals surface area contributed by atoms with Crippen LogP contribution in [0, 0.1) is 18.6 Å². The molecule has 0 radical (unpaired) electrons. The van der Waals surface area contributed by atoms with Gasteiger partial charge in [-0.1, -0.05) is 12.1 Å². The van der Waals surface area contributed by atoms with Crippen molar-refractivity contribution in [2.75, 3.05) is 5.32 Å². The van der Waals surface area contributed by atoms with Crippen LogP contribution in [0.5, 0.6) is 0 Å². The molecule has 2 heterocycles. The van der Waals surface area contributed by atoms with Crippen molar-refractivity contribution in [1.82, 2.24) is 10.2 Å². The van der Waals surface area contributed by atoms with Crippen LogP contribution in [-0.4, -0.2) is 16.1 Å². The van der Waals surface area contributed by atoms with Crippen molar-refractivity contribution >= 4 is 11.7 Å². The lowest BCUT2D eigenvalue weighted by atomic mass is 9.85. The van der Waals surface area contributed by atoms with E-state index in [9.17, 15) is 13.6 Å². The molecule has 98 valence electrons. The monoisotopic (exact) mass is 263 g/mol. The number of benzene rings is 1. The summed E-state index contributed by atoms with van der Waals surface area (Å²) >= 11 is 0. The first-order valence-electron chi connectivity index (χ1n) is 5.86. The van der Waals surface area contributed by atoms with Gasteiger partial charge in [-0.05, 0) is 18.6 Å². The molecular formula is C13H11F2N3O. The van der Waals surface area contributed by atoms with Crippen LogP contribution in [0.2, 0.25) is 0 Å². The summed E-state index contributed by atoms with van der Waals surface area (Å²) in [5, 5.41) is 9.33. The molecule has 1 atom stereocenters. The minimum absolute atomic E-state index is 0.0771. The molecule has 0 fully saturated rings. The Kier molecular flexibility index (Phi) is 2.58. The predicted octanol–water partition coefficient (Wildman–Crippen LogP) is 2.47. The lowest BCUT2D eigenvalue weighted by Gasteiger charge is -2.23. The lowest BCUT2D eigenvalue weighted by molar-refractivity contribution is -0.116. The molecule has 1 aliphatic rings. The van der Waals surface area contributed by atoms with E-state index in [2.05, 4.69) is 15.5 Å². The van der Waals surface area contributed by atoms with Crippen molar-refractivity contribution in [3.8, 4) is 0 Å². The fraction of sp³-hybridized carbons (Fsp3) is 0.231. The summed E-state index contributed by atoms with van der Waals surface area (Å²) in [6.07, 6.45) is 0.0771. The average molecular weight is 263 g/mol. The highest BCUT2D eigenvalue weighted by molar-refractivity contribution is 5.94. The molecule has 0 saturated carbocycles. The Bertz CT molecular complexity index is 666. The van der Waals surface area contributed by atoms with Crippen LogP contribution >= 0.6 is 0 Å². The molecule has 0 saturated heterocycles. The van der Waals surface area contributed by atoms with Gasteiger partial charge >= 0.3 is 0 Å². The number of carbonyl (C=O) groups excluding carboxylic acids is 1. The molecule has 6 heteroatoms. The van der Waals surface area contributed by atoms with Crippen LogP contribution in [0.1, 0.15) is 29.2 Å². The van der Waals surface area contributed by atoms with Crippen LogP contribution in [0.25, 0.3) is 0 Å². The Morgan fingerprint density at radius 2 is 2.16 bits per heavy atom. The summed E-state index contributed by atoms with van der Waals surface area (Å²) < 4.78 is 27.2. The second-order valence-electron chi connectivity index (χ2n) is 4.56. The van der Waals surface area contributed by atoms with Gasteiger partial charge in [0, 0.05) is 23.6 Å². The number of aromatic amines is 1. The maximum absolute atomic E-state index is 13.9. The number of aryl methyl sites for hydroxylation is 1. The Hall–Kier alpha value is -2.24. The van der Waals surface area contributed by atoms with Gasteiger partial charge < -0.3 is 5.32 Å². The van der Waals surface area contributed by atoms with Gasteiger partial charge in [-0.15, -0.1) is 0 Å². The third kappa shape index (κ3) is 1.80. The van der Waals surface area contributed by atoms with Crippen LogP contribution in [0.4, 0.5) is 14.6 Å². The minimum atomic E-state index is -0.911. The fourth-order valence-corrected chi connectivity index (χ4v) is 2.49. The predicted molar refractivity (Wildman–Crippen MR) is 64.8 cm³/mol. The molecule has 2 aromatic rings. The number of hydrogen-bond acceptors (Lipinski definition) is 2. The summed E-state index contributed by atoms with van der Waals surface area (Å²) in [5.41, 5.74) is 1.63. The maximum atomic E-state index is 13.9. The molecule has 1 unspecified atom stereocenters. The number of aromatic nitrogens is 2. The highest BCUT2D eigenvalue weighted by Crippen LogP contribution is 2.38. The third-order valence-corrected chi connectivity index (χ3v) is 3.35. The highest BCUT2D eigenvalue weighted by Gasteiger charge is 2.32. The van der Waals surface area contributed by atoms with Gasteiger partial charge in [0.25, 0.3) is 0 Å². The van der Waals surface area contributed by atoms with Gasteiger partial charge in [0.15, 0.2) is 17.5 Å². The highest BCUT2D eigenvalue weighted by atomic mass is 19.2. The van der Waals surface area contributed by atoms with Gasteiger partial charge in [0.05, 0.1) is 0 Å². The van der Waals surface area contributed by atoms with Crippen molar-refractivity contribution in [3.63, 3.8) is 0 Å². The normalized spacial score (nSPS) is 18.1. The molecule has 1 aromatic heterocycles. The van der Waals surface area contributed by atoms with Gasteiger partial charge in [-0.3, -0.25) is 9.89 Å². The number of H-pyrrole nitrogens is 1. The molecule has 19 heavy (non-hydrogen) atoms. The number of amides is 1. The summed E-state index contributed by atoms with van der Waals surface area (Å²) in [4.78, 5) is 11.6. The summed E-state index contributed by atoms with van der Waals surface area (Å²) in [6.45, 7) is 1.79. The maximum Gasteiger partial charge on any atom is 0.226 e. The molecule has 1 amide bonds. The summed E-state index contributed by atoms with van der Waals surface area (Å²) in [5.74, 6) is -2.20. The van der Waals surface area contributed by atoms with Gasteiger partial charge in [-0.25, -0.2) is 8.78 Å². The second-order valence-corrected chi connectivity index (χ2v) is 4.56. The zero-order valence-corrected chi connectivity index (χ0v) is 10.1. The molecule has 0 aliphatic carbocycles. The fourth-order valence-electron chi connectivity index (χ4n) is 2.49. The SMILES string of the molecule is Cc1[nH]nc2c1C(c1cccc(F)c1F)CC(=O)N2. The lowest BCUT2D eigenvalue weighted by Crippen LogP contribution is -2.24.